The van der Waals surface area contributed by atoms with Gasteiger partial charge in [-0.3, -0.25) is 0 Å². The van der Waals surface area contributed by atoms with E-state index < -0.39 is 7.26 Å². The maximum Gasteiger partial charge on any atom is 0.251 e. The van der Waals surface area contributed by atoms with E-state index in [0.717, 1.165) is 16.1 Å². The third-order valence-electron chi connectivity index (χ3n) is 5.75. The first-order valence-corrected chi connectivity index (χ1v) is 14.2. The van der Waals surface area contributed by atoms with E-state index in [9.17, 15) is 0 Å². The number of nitrogens with zero attached hydrogens (tertiary/aromatic N) is 1. The zero-order chi connectivity index (χ0) is 23.2. The van der Waals surface area contributed by atoms with Crippen molar-refractivity contribution >= 4 is 52.5 Å². The van der Waals surface area contributed by atoms with Crippen LogP contribution in [0.4, 0.5) is 0 Å². The van der Waals surface area contributed by atoms with Crippen molar-refractivity contribution < 1.29 is 4.42 Å². The van der Waals surface area contributed by atoms with Gasteiger partial charge in [0.1, 0.15) is 15.9 Å². The van der Waals surface area contributed by atoms with Gasteiger partial charge >= 0.3 is 0 Å². The standard InChI is InChI=1S/C30H25NOPS/c1-34-30-29(31-28(32-30)23-22-24-14-6-2-7-15-24)33(25-16-8-3-9-17-25,26-18-10-4-11-19-26)27-20-12-5-13-21-27/h2-23H,1H3/q+1/b23-22+. The van der Waals surface area contributed by atoms with Gasteiger partial charge in [-0.2, -0.15) is 4.98 Å². The number of rotatable bonds is 7. The lowest BCUT2D eigenvalue weighted by atomic mass is 10.2. The van der Waals surface area contributed by atoms with E-state index in [0.29, 0.717) is 5.89 Å². The maximum absolute atomic E-state index is 6.35. The topological polar surface area (TPSA) is 26.0 Å². The Morgan fingerprint density at radius 1 is 0.618 bits per heavy atom. The van der Waals surface area contributed by atoms with Gasteiger partial charge in [-0.05, 0) is 54.3 Å². The molecule has 0 atom stereocenters. The minimum atomic E-state index is -2.29. The molecule has 0 unspecified atom stereocenters. The number of aromatic nitrogens is 1. The molecule has 0 N–H and O–H groups in total. The van der Waals surface area contributed by atoms with E-state index in [2.05, 4.69) is 109 Å². The number of hydrogen-bond acceptors (Lipinski definition) is 3. The van der Waals surface area contributed by atoms with Crippen LogP contribution in [0.15, 0.2) is 131 Å². The maximum atomic E-state index is 6.35. The summed E-state index contributed by atoms with van der Waals surface area (Å²) < 4.78 is 6.35. The first kappa shape index (κ1) is 22.4. The van der Waals surface area contributed by atoms with Gasteiger partial charge in [0.05, 0.1) is 0 Å². The van der Waals surface area contributed by atoms with Gasteiger partial charge in [0.2, 0.25) is 11.0 Å². The Morgan fingerprint density at radius 2 is 1.06 bits per heavy atom. The molecule has 34 heavy (non-hydrogen) atoms. The molecular weight excluding hydrogens is 453 g/mol. The fourth-order valence-electron chi connectivity index (χ4n) is 4.23. The molecule has 0 amide bonds. The summed E-state index contributed by atoms with van der Waals surface area (Å²) in [7, 11) is -2.29. The second-order valence-corrected chi connectivity index (χ2v) is 11.9. The number of oxazole rings is 1. The van der Waals surface area contributed by atoms with Crippen molar-refractivity contribution in [1.82, 2.24) is 4.98 Å². The number of benzene rings is 4. The van der Waals surface area contributed by atoms with E-state index >= 15 is 0 Å². The Balaban J connectivity index is 1.78. The monoisotopic (exact) mass is 478 g/mol. The highest BCUT2D eigenvalue weighted by molar-refractivity contribution is 8.04. The van der Waals surface area contributed by atoms with Gasteiger partial charge < -0.3 is 4.42 Å². The fourth-order valence-corrected chi connectivity index (χ4v) is 9.37. The third-order valence-corrected chi connectivity index (χ3v) is 10.7. The highest BCUT2D eigenvalue weighted by Gasteiger charge is 2.52. The van der Waals surface area contributed by atoms with E-state index in [1.165, 1.54) is 15.9 Å². The second-order valence-electron chi connectivity index (χ2n) is 7.79. The Kier molecular flexibility index (Phi) is 6.76. The summed E-state index contributed by atoms with van der Waals surface area (Å²) in [5.41, 5.74) is 2.12. The molecule has 0 saturated heterocycles. The molecule has 0 fully saturated rings. The van der Waals surface area contributed by atoms with Gasteiger partial charge in [-0.25, -0.2) is 0 Å². The molecular formula is C30H25NOPS+. The van der Waals surface area contributed by atoms with E-state index in [4.69, 9.17) is 9.40 Å². The lowest BCUT2D eigenvalue weighted by molar-refractivity contribution is 0.464. The van der Waals surface area contributed by atoms with Crippen LogP contribution in [-0.4, -0.2) is 11.2 Å². The van der Waals surface area contributed by atoms with Crippen LogP contribution >= 0.6 is 19.0 Å². The van der Waals surface area contributed by atoms with Gasteiger partial charge in [0.15, 0.2) is 7.26 Å². The van der Waals surface area contributed by atoms with Crippen molar-refractivity contribution in [2.24, 2.45) is 0 Å². The van der Waals surface area contributed by atoms with Gasteiger partial charge in [-0.1, -0.05) is 96.7 Å². The molecule has 1 aromatic heterocycles. The summed E-state index contributed by atoms with van der Waals surface area (Å²) in [5.74, 6) is 0.621. The summed E-state index contributed by atoms with van der Waals surface area (Å²) in [5, 5.41) is 4.64. The first-order valence-electron chi connectivity index (χ1n) is 11.2. The van der Waals surface area contributed by atoms with E-state index in [-0.39, 0.29) is 0 Å². The van der Waals surface area contributed by atoms with Crippen LogP contribution in [-0.2, 0) is 0 Å². The average Bonchev–Trinajstić information content (AvgIpc) is 3.34. The lowest BCUT2D eigenvalue weighted by Gasteiger charge is -2.25. The smallest absolute Gasteiger partial charge is 0.251 e. The molecule has 4 aromatic carbocycles. The predicted octanol–water partition coefficient (Wildman–Crippen LogP) is 6.19. The minimum Gasteiger partial charge on any atom is -0.426 e. The lowest BCUT2D eigenvalue weighted by Crippen LogP contribution is -2.40. The molecule has 0 spiro atoms. The summed E-state index contributed by atoms with van der Waals surface area (Å²) in [4.78, 5) is 5.17. The van der Waals surface area contributed by atoms with Crippen LogP contribution in [0.2, 0.25) is 0 Å². The first-order chi connectivity index (χ1) is 16.8. The van der Waals surface area contributed by atoms with E-state index in [1.54, 1.807) is 11.8 Å². The van der Waals surface area contributed by atoms with E-state index in [1.807, 2.05) is 30.4 Å². The molecule has 0 aliphatic rings. The van der Waals surface area contributed by atoms with Crippen LogP contribution in [0.25, 0.3) is 12.2 Å². The highest BCUT2D eigenvalue weighted by atomic mass is 32.2. The van der Waals surface area contributed by atoms with Crippen LogP contribution < -0.4 is 21.3 Å². The Morgan fingerprint density at radius 3 is 1.50 bits per heavy atom. The number of hydrogen-bond donors (Lipinski definition) is 0. The summed E-state index contributed by atoms with van der Waals surface area (Å²) >= 11 is 1.61. The highest BCUT2D eigenvalue weighted by Crippen LogP contribution is 2.55. The molecule has 5 aromatic rings. The van der Waals surface area contributed by atoms with Crippen LogP contribution in [0, 0.1) is 0 Å². The fraction of sp³-hybridized carbons (Fsp3) is 0.0333. The normalized spacial score (nSPS) is 11.7. The van der Waals surface area contributed by atoms with Crippen molar-refractivity contribution in [2.45, 2.75) is 5.09 Å². The second kappa shape index (κ2) is 10.3. The molecule has 0 aliphatic heterocycles. The molecule has 2 nitrogen and oxygen atoms in total. The number of thioether (sulfide) groups is 1. The molecule has 5 rings (SSSR count). The SMILES string of the molecule is CSc1oc(/C=C/c2ccccc2)nc1[P+](c1ccccc1)(c1ccccc1)c1ccccc1. The summed E-state index contributed by atoms with van der Waals surface area (Å²) in [6.07, 6.45) is 6.08. The zero-order valence-electron chi connectivity index (χ0n) is 18.9. The molecule has 0 saturated carbocycles. The molecule has 0 radical (unpaired) electrons. The summed E-state index contributed by atoms with van der Waals surface area (Å²) in [6, 6.07) is 42.5. The molecule has 0 bridgehead atoms. The zero-order valence-corrected chi connectivity index (χ0v) is 20.6. The quantitative estimate of drug-likeness (QED) is 0.206. The van der Waals surface area contributed by atoms with Crippen molar-refractivity contribution in [3.8, 4) is 0 Å². The third kappa shape index (κ3) is 4.25. The van der Waals surface area contributed by atoms with Crippen molar-refractivity contribution in [1.29, 1.82) is 0 Å². The van der Waals surface area contributed by atoms with Gasteiger partial charge in [0.25, 0.3) is 5.44 Å². The van der Waals surface area contributed by atoms with Crippen LogP contribution in [0.5, 0.6) is 0 Å². The van der Waals surface area contributed by atoms with Crippen LogP contribution in [0.1, 0.15) is 11.5 Å². The van der Waals surface area contributed by atoms with Gasteiger partial charge in [-0.15, -0.1) is 0 Å². The largest absolute Gasteiger partial charge is 0.426 e. The molecule has 166 valence electrons. The van der Waals surface area contributed by atoms with Crippen molar-refractivity contribution in [3.05, 3.63) is 133 Å². The molecule has 4 heteroatoms. The molecule has 0 aliphatic carbocycles. The minimum absolute atomic E-state index is 0.621. The predicted molar refractivity (Wildman–Crippen MR) is 148 cm³/mol. The Bertz CT molecular complexity index is 1270. The summed E-state index contributed by atoms with van der Waals surface area (Å²) in [6.45, 7) is 0. The Hall–Kier alpha value is -3.39. The van der Waals surface area contributed by atoms with Gasteiger partial charge in [0, 0.05) is 6.08 Å². The van der Waals surface area contributed by atoms with Crippen molar-refractivity contribution in [3.63, 3.8) is 0 Å². The molecule has 1 heterocycles. The average molecular weight is 479 g/mol. The van der Waals surface area contributed by atoms with Crippen molar-refractivity contribution in [2.75, 3.05) is 6.26 Å². The van der Waals surface area contributed by atoms with Crippen LogP contribution in [0.3, 0.4) is 0 Å². The Labute approximate surface area is 205 Å².